The van der Waals surface area contributed by atoms with Gasteiger partial charge in [0.05, 0.1) is 13.1 Å². The lowest BCUT2D eigenvalue weighted by atomic mass is 9.96. The molecule has 0 atom stereocenters. The van der Waals surface area contributed by atoms with Gasteiger partial charge in [0.2, 0.25) is 0 Å². The number of benzene rings is 3. The average Bonchev–Trinajstić information content (AvgIpc) is 3.17. The summed E-state index contributed by atoms with van der Waals surface area (Å²) in [6.45, 7) is 0.872. The molecule has 0 saturated carbocycles. The van der Waals surface area contributed by atoms with Crippen molar-refractivity contribution in [2.24, 2.45) is 4.99 Å². The van der Waals surface area contributed by atoms with E-state index in [-0.39, 0.29) is 0 Å². The molecule has 27 heavy (non-hydrogen) atoms. The van der Waals surface area contributed by atoms with Crippen molar-refractivity contribution in [3.8, 4) is 0 Å². The van der Waals surface area contributed by atoms with Crippen LogP contribution in [0, 0.1) is 0 Å². The van der Waals surface area contributed by atoms with Crippen molar-refractivity contribution >= 4 is 34.3 Å². The van der Waals surface area contributed by atoms with Gasteiger partial charge >= 0.3 is 6.09 Å². The van der Waals surface area contributed by atoms with E-state index < -0.39 is 6.09 Å². The predicted molar refractivity (Wildman–Crippen MR) is 109 cm³/mol. The Kier molecular flexibility index (Phi) is 4.82. The fraction of sp³-hybridized carbons (Fsp3) is 0.182. The van der Waals surface area contributed by atoms with Gasteiger partial charge in [0.15, 0.2) is 0 Å². The van der Waals surface area contributed by atoms with E-state index in [9.17, 15) is 9.90 Å². The first-order valence-electron chi connectivity index (χ1n) is 8.94. The summed E-state index contributed by atoms with van der Waals surface area (Å²) >= 11 is 6.50. The van der Waals surface area contributed by atoms with Crippen LogP contribution in [0.2, 0.25) is 5.02 Å². The number of aliphatic imine (C=N–C) groups is 1. The van der Waals surface area contributed by atoms with E-state index in [0.29, 0.717) is 23.9 Å². The average molecular weight is 379 g/mol. The largest absolute Gasteiger partial charge is 0.465 e. The van der Waals surface area contributed by atoms with Gasteiger partial charge in [-0.05, 0) is 40.8 Å². The number of rotatable bonds is 4. The number of hydrogen-bond acceptors (Lipinski definition) is 2. The number of aryl methyl sites for hydroxylation is 1. The topological polar surface area (TPSA) is 52.9 Å². The number of amidine groups is 1. The molecule has 0 bridgehead atoms. The Balaban J connectivity index is 1.68. The summed E-state index contributed by atoms with van der Waals surface area (Å²) in [7, 11) is 0. The van der Waals surface area contributed by atoms with Crippen LogP contribution in [0.1, 0.15) is 16.7 Å². The minimum Gasteiger partial charge on any atom is -0.465 e. The molecule has 0 spiro atoms. The molecule has 5 heteroatoms. The lowest BCUT2D eigenvalue weighted by molar-refractivity contribution is 0.172. The van der Waals surface area contributed by atoms with Gasteiger partial charge in [0.25, 0.3) is 0 Å². The predicted octanol–water partition coefficient (Wildman–Crippen LogP) is 5.02. The highest BCUT2D eigenvalue weighted by atomic mass is 35.5. The number of halogens is 1. The van der Waals surface area contributed by atoms with Gasteiger partial charge in [-0.2, -0.15) is 0 Å². The fourth-order valence-corrected chi connectivity index (χ4v) is 3.93. The lowest BCUT2D eigenvalue weighted by Gasteiger charge is -2.18. The zero-order chi connectivity index (χ0) is 18.8. The second kappa shape index (κ2) is 7.41. The number of carboxylic acid groups (broad SMARTS) is 1. The van der Waals surface area contributed by atoms with Crippen LogP contribution in [0.15, 0.2) is 65.7 Å². The van der Waals surface area contributed by atoms with Gasteiger partial charge < -0.3 is 5.11 Å². The second-order valence-electron chi connectivity index (χ2n) is 6.54. The highest BCUT2D eigenvalue weighted by Gasteiger charge is 2.26. The van der Waals surface area contributed by atoms with Gasteiger partial charge in [-0.3, -0.25) is 9.89 Å². The lowest BCUT2D eigenvalue weighted by Crippen LogP contribution is -2.34. The fourth-order valence-electron chi connectivity index (χ4n) is 3.66. The molecule has 4 nitrogen and oxygen atoms in total. The van der Waals surface area contributed by atoms with E-state index in [1.807, 2.05) is 30.3 Å². The Bertz CT molecular complexity index is 1040. The molecule has 1 amide bonds. The maximum atomic E-state index is 11.5. The molecule has 0 aliphatic carbocycles. The molecule has 1 heterocycles. The molecule has 1 aliphatic rings. The molecule has 0 unspecified atom stereocenters. The zero-order valence-electron chi connectivity index (χ0n) is 14.7. The van der Waals surface area contributed by atoms with E-state index in [0.717, 1.165) is 24.0 Å². The molecular formula is C22H19ClN2O2. The molecular weight excluding hydrogens is 360 g/mol. The third-order valence-corrected chi connectivity index (χ3v) is 5.31. The summed E-state index contributed by atoms with van der Waals surface area (Å²) in [6.07, 6.45) is 0.555. The van der Waals surface area contributed by atoms with Crippen molar-refractivity contribution in [2.45, 2.75) is 12.8 Å². The third-order valence-electron chi connectivity index (χ3n) is 4.96. The molecule has 3 aromatic rings. The minimum atomic E-state index is -0.980. The van der Waals surface area contributed by atoms with Crippen LogP contribution in [0.3, 0.4) is 0 Å². The highest BCUT2D eigenvalue weighted by molar-refractivity contribution is 6.32. The first-order chi connectivity index (χ1) is 13.1. The van der Waals surface area contributed by atoms with Crippen molar-refractivity contribution < 1.29 is 9.90 Å². The first-order valence-corrected chi connectivity index (χ1v) is 9.32. The Morgan fingerprint density at radius 1 is 1.04 bits per heavy atom. The molecule has 136 valence electrons. The van der Waals surface area contributed by atoms with E-state index >= 15 is 0 Å². The van der Waals surface area contributed by atoms with E-state index in [2.05, 4.69) is 35.3 Å². The summed E-state index contributed by atoms with van der Waals surface area (Å²) in [5.74, 6) is 0.498. The van der Waals surface area contributed by atoms with Gasteiger partial charge in [0, 0.05) is 10.6 Å². The summed E-state index contributed by atoms with van der Waals surface area (Å²) in [6, 6.07) is 20.2. The Morgan fingerprint density at radius 2 is 1.81 bits per heavy atom. The number of fused-ring (bicyclic) bond motifs is 1. The molecule has 0 fully saturated rings. The highest BCUT2D eigenvalue weighted by Crippen LogP contribution is 2.27. The van der Waals surface area contributed by atoms with Gasteiger partial charge in [0.1, 0.15) is 5.84 Å². The zero-order valence-corrected chi connectivity index (χ0v) is 15.5. The van der Waals surface area contributed by atoms with Crippen LogP contribution in [0.25, 0.3) is 10.8 Å². The van der Waals surface area contributed by atoms with Crippen LogP contribution < -0.4 is 0 Å². The maximum Gasteiger partial charge on any atom is 0.413 e. The summed E-state index contributed by atoms with van der Waals surface area (Å²) in [5, 5.41) is 12.5. The normalized spacial score (nSPS) is 13.8. The smallest absolute Gasteiger partial charge is 0.413 e. The molecule has 1 N–H and O–H groups in total. The minimum absolute atomic E-state index is 0.389. The number of amides is 1. The summed E-state index contributed by atoms with van der Waals surface area (Å²) in [4.78, 5) is 17.2. The van der Waals surface area contributed by atoms with Crippen LogP contribution in [0.5, 0.6) is 0 Å². The molecule has 0 aromatic heterocycles. The molecule has 0 radical (unpaired) electrons. The number of carbonyl (C=O) groups is 1. The second-order valence-corrected chi connectivity index (χ2v) is 6.95. The molecule has 0 saturated heterocycles. The molecule has 1 aliphatic heterocycles. The van der Waals surface area contributed by atoms with Crippen LogP contribution in [0.4, 0.5) is 4.79 Å². The quantitative estimate of drug-likeness (QED) is 0.693. The van der Waals surface area contributed by atoms with Crippen LogP contribution in [-0.2, 0) is 12.8 Å². The van der Waals surface area contributed by atoms with Gasteiger partial charge in [-0.15, -0.1) is 0 Å². The van der Waals surface area contributed by atoms with Crippen molar-refractivity contribution in [1.29, 1.82) is 0 Å². The van der Waals surface area contributed by atoms with Crippen molar-refractivity contribution in [3.05, 3.63) is 82.4 Å². The summed E-state index contributed by atoms with van der Waals surface area (Å²) < 4.78 is 0. The van der Waals surface area contributed by atoms with E-state index in [1.165, 1.54) is 21.2 Å². The molecule has 3 aromatic carbocycles. The molecule has 4 rings (SSSR count). The van der Waals surface area contributed by atoms with Gasteiger partial charge in [-0.1, -0.05) is 66.2 Å². The Hall–Kier alpha value is -2.85. The van der Waals surface area contributed by atoms with Gasteiger partial charge in [-0.25, -0.2) is 4.79 Å². The summed E-state index contributed by atoms with van der Waals surface area (Å²) in [5.41, 5.74) is 3.00. The monoisotopic (exact) mass is 378 g/mol. The third kappa shape index (κ3) is 3.40. The van der Waals surface area contributed by atoms with Crippen molar-refractivity contribution in [2.75, 3.05) is 13.1 Å². The number of hydrogen-bond donors (Lipinski definition) is 1. The van der Waals surface area contributed by atoms with E-state index in [1.54, 1.807) is 0 Å². The first kappa shape index (κ1) is 17.6. The van der Waals surface area contributed by atoms with Crippen molar-refractivity contribution in [3.63, 3.8) is 0 Å². The van der Waals surface area contributed by atoms with E-state index in [4.69, 9.17) is 11.6 Å². The number of nitrogens with zero attached hydrogens (tertiary/aromatic N) is 2. The van der Waals surface area contributed by atoms with Crippen LogP contribution >= 0.6 is 11.6 Å². The Labute approximate surface area is 162 Å². The SMILES string of the molecule is O=C(O)N1CCN=C1c1cccc(Cl)c1CCc1cccc2ccccc12. The standard InChI is InChI=1S/C22H19ClN2O2/c23-20-10-4-9-19(21-24-13-14-25(21)22(26)27)18(20)12-11-16-7-3-6-15-5-1-2-8-17(15)16/h1-10H,11-14H2,(H,26,27). The van der Waals surface area contributed by atoms with Crippen LogP contribution in [-0.4, -0.2) is 35.0 Å². The Morgan fingerprint density at radius 3 is 2.67 bits per heavy atom. The van der Waals surface area contributed by atoms with Crippen molar-refractivity contribution in [1.82, 2.24) is 4.90 Å². The maximum absolute atomic E-state index is 11.5.